The molecule has 2 rings (SSSR count). The lowest BCUT2D eigenvalue weighted by atomic mass is 10.1. The van der Waals surface area contributed by atoms with Crippen molar-refractivity contribution < 1.29 is 9.59 Å². The summed E-state index contributed by atoms with van der Waals surface area (Å²) < 4.78 is 0. The van der Waals surface area contributed by atoms with Gasteiger partial charge in [0.05, 0.1) is 15.6 Å². The Bertz CT molecular complexity index is 519. The van der Waals surface area contributed by atoms with Crippen LogP contribution in [-0.4, -0.2) is 35.8 Å². The molecule has 1 fully saturated rings. The van der Waals surface area contributed by atoms with Crippen molar-refractivity contribution in [2.24, 2.45) is 0 Å². The minimum Gasteiger partial charge on any atom is -0.353 e. The molecule has 6 heteroatoms. The molecular weight excluding hydrogens is 287 g/mol. The minimum atomic E-state index is -0.448. The van der Waals surface area contributed by atoms with Crippen LogP contribution >= 0.6 is 23.2 Å². The number of carbonyl (C=O) groups excluding carboxylic acids is 2. The lowest BCUT2D eigenvalue weighted by molar-refractivity contribution is -0.127. The summed E-state index contributed by atoms with van der Waals surface area (Å²) in [6, 6.07) is 4.47. The summed E-state index contributed by atoms with van der Waals surface area (Å²) in [5.41, 5.74) is 0.335. The second-order valence-electron chi connectivity index (χ2n) is 4.31. The molecule has 1 heterocycles. The number of amides is 2. The molecule has 1 saturated heterocycles. The Labute approximate surface area is 121 Å². The number of nitrogens with zero attached hydrogens (tertiary/aromatic N) is 1. The van der Waals surface area contributed by atoms with Crippen LogP contribution < -0.4 is 5.32 Å². The van der Waals surface area contributed by atoms with E-state index in [4.69, 9.17) is 23.2 Å². The maximum absolute atomic E-state index is 12.5. The van der Waals surface area contributed by atoms with Gasteiger partial charge in [0.2, 0.25) is 5.91 Å². The number of benzene rings is 1. The van der Waals surface area contributed by atoms with Crippen molar-refractivity contribution in [3.05, 3.63) is 33.8 Å². The Morgan fingerprint density at radius 2 is 2.21 bits per heavy atom. The van der Waals surface area contributed by atoms with Gasteiger partial charge < -0.3 is 10.2 Å². The zero-order valence-electron chi connectivity index (χ0n) is 10.5. The first-order valence-corrected chi connectivity index (χ1v) is 6.84. The number of carbonyl (C=O) groups is 2. The van der Waals surface area contributed by atoms with Gasteiger partial charge in [0.15, 0.2) is 0 Å². The van der Waals surface area contributed by atoms with Crippen LogP contribution in [0.1, 0.15) is 23.7 Å². The van der Waals surface area contributed by atoms with Gasteiger partial charge in [-0.3, -0.25) is 9.59 Å². The van der Waals surface area contributed by atoms with E-state index in [9.17, 15) is 9.59 Å². The van der Waals surface area contributed by atoms with Crippen LogP contribution in [0.4, 0.5) is 0 Å². The molecule has 1 aliphatic heterocycles. The van der Waals surface area contributed by atoms with Gasteiger partial charge in [0, 0.05) is 13.1 Å². The minimum absolute atomic E-state index is 0.125. The Morgan fingerprint density at radius 1 is 1.47 bits per heavy atom. The molecule has 1 atom stereocenters. The first-order valence-electron chi connectivity index (χ1n) is 6.09. The third-order valence-electron chi connectivity index (χ3n) is 3.16. The summed E-state index contributed by atoms with van der Waals surface area (Å²) in [5, 5.41) is 3.32. The molecule has 1 aromatic carbocycles. The van der Waals surface area contributed by atoms with Crippen molar-refractivity contribution in [2.75, 3.05) is 13.1 Å². The fourth-order valence-corrected chi connectivity index (χ4v) is 2.57. The maximum atomic E-state index is 12.5. The van der Waals surface area contributed by atoms with E-state index in [1.54, 1.807) is 23.1 Å². The predicted molar refractivity (Wildman–Crippen MR) is 74.6 cm³/mol. The van der Waals surface area contributed by atoms with Gasteiger partial charge in [0.25, 0.3) is 5.91 Å². The Balaban J connectivity index is 2.32. The first kappa shape index (κ1) is 14.2. The molecule has 1 aliphatic rings. The van der Waals surface area contributed by atoms with E-state index in [0.717, 1.165) is 0 Å². The summed E-state index contributed by atoms with van der Waals surface area (Å²) in [6.07, 6.45) is 0.565. The number of halogens is 2. The molecule has 0 bridgehead atoms. The van der Waals surface area contributed by atoms with Crippen LogP contribution in [-0.2, 0) is 4.79 Å². The fourth-order valence-electron chi connectivity index (χ4n) is 2.19. The highest BCUT2D eigenvalue weighted by Gasteiger charge is 2.32. The Kier molecular flexibility index (Phi) is 4.32. The molecule has 102 valence electrons. The quantitative estimate of drug-likeness (QED) is 0.911. The average molecular weight is 301 g/mol. The van der Waals surface area contributed by atoms with Crippen LogP contribution in [0.3, 0.4) is 0 Å². The van der Waals surface area contributed by atoms with Gasteiger partial charge in [-0.15, -0.1) is 0 Å². The molecule has 19 heavy (non-hydrogen) atoms. The average Bonchev–Trinajstić information content (AvgIpc) is 2.41. The van der Waals surface area contributed by atoms with Gasteiger partial charge in [-0.1, -0.05) is 36.2 Å². The standard InChI is InChI=1S/C13H14Cl2N2O2/c1-2-10-12(18)16-6-7-17(10)13(19)8-4-3-5-9(14)11(8)15/h3-5,10H,2,6-7H2,1H3,(H,16,18). The van der Waals surface area contributed by atoms with Crippen LogP contribution in [0.5, 0.6) is 0 Å². The highest BCUT2D eigenvalue weighted by Crippen LogP contribution is 2.27. The first-order chi connectivity index (χ1) is 9.06. The molecule has 4 nitrogen and oxygen atoms in total. The van der Waals surface area contributed by atoms with Crippen molar-refractivity contribution in [2.45, 2.75) is 19.4 Å². The van der Waals surface area contributed by atoms with Gasteiger partial charge in [-0.25, -0.2) is 0 Å². The summed E-state index contributed by atoms with van der Waals surface area (Å²) in [5.74, 6) is -0.380. The van der Waals surface area contributed by atoms with Gasteiger partial charge >= 0.3 is 0 Å². The van der Waals surface area contributed by atoms with Crippen LogP contribution in [0.15, 0.2) is 18.2 Å². The molecule has 2 amide bonds. The zero-order valence-corrected chi connectivity index (χ0v) is 12.0. The third-order valence-corrected chi connectivity index (χ3v) is 3.98. The molecule has 0 spiro atoms. The van der Waals surface area contributed by atoms with Crippen molar-refractivity contribution in [1.82, 2.24) is 10.2 Å². The summed E-state index contributed by atoms with van der Waals surface area (Å²) >= 11 is 12.0. The molecular formula is C13H14Cl2N2O2. The molecule has 1 N–H and O–H groups in total. The molecule has 0 saturated carbocycles. The number of hydrogen-bond acceptors (Lipinski definition) is 2. The number of nitrogens with one attached hydrogen (secondary N) is 1. The topological polar surface area (TPSA) is 49.4 Å². The number of hydrogen-bond donors (Lipinski definition) is 1. The van der Waals surface area contributed by atoms with Crippen molar-refractivity contribution in [3.63, 3.8) is 0 Å². The van der Waals surface area contributed by atoms with E-state index < -0.39 is 6.04 Å². The van der Waals surface area contributed by atoms with E-state index in [1.165, 1.54) is 0 Å². The van der Waals surface area contributed by atoms with Crippen LogP contribution in [0, 0.1) is 0 Å². The zero-order chi connectivity index (χ0) is 14.0. The largest absolute Gasteiger partial charge is 0.353 e. The Hall–Kier alpha value is -1.26. The predicted octanol–water partition coefficient (Wildman–Crippen LogP) is 2.34. The number of rotatable bonds is 2. The lowest BCUT2D eigenvalue weighted by Gasteiger charge is -2.34. The molecule has 0 aliphatic carbocycles. The maximum Gasteiger partial charge on any atom is 0.256 e. The fraction of sp³-hybridized carbons (Fsp3) is 0.385. The summed E-state index contributed by atoms with van der Waals surface area (Å²) in [4.78, 5) is 25.8. The van der Waals surface area contributed by atoms with E-state index in [1.807, 2.05) is 6.92 Å². The van der Waals surface area contributed by atoms with Crippen LogP contribution in [0.2, 0.25) is 10.0 Å². The normalized spacial score (nSPS) is 19.2. The van der Waals surface area contributed by atoms with Crippen molar-refractivity contribution >= 4 is 35.0 Å². The van der Waals surface area contributed by atoms with Crippen molar-refractivity contribution in [3.8, 4) is 0 Å². The Morgan fingerprint density at radius 3 is 2.89 bits per heavy atom. The molecule has 0 aromatic heterocycles. The smallest absolute Gasteiger partial charge is 0.256 e. The lowest BCUT2D eigenvalue weighted by Crippen LogP contribution is -2.56. The van der Waals surface area contributed by atoms with E-state index in [-0.39, 0.29) is 16.8 Å². The second kappa shape index (κ2) is 5.80. The SMILES string of the molecule is CCC1C(=O)NCCN1C(=O)c1cccc(Cl)c1Cl. The van der Waals surface area contributed by atoms with E-state index in [0.29, 0.717) is 30.1 Å². The van der Waals surface area contributed by atoms with Gasteiger partial charge in [-0.05, 0) is 18.6 Å². The van der Waals surface area contributed by atoms with Crippen LogP contribution in [0.25, 0.3) is 0 Å². The highest BCUT2D eigenvalue weighted by atomic mass is 35.5. The van der Waals surface area contributed by atoms with Gasteiger partial charge in [0.1, 0.15) is 6.04 Å². The number of piperazine rings is 1. The highest BCUT2D eigenvalue weighted by molar-refractivity contribution is 6.43. The molecule has 1 unspecified atom stereocenters. The monoisotopic (exact) mass is 300 g/mol. The molecule has 1 aromatic rings. The van der Waals surface area contributed by atoms with Crippen molar-refractivity contribution in [1.29, 1.82) is 0 Å². The summed E-state index contributed by atoms with van der Waals surface area (Å²) in [6.45, 7) is 2.81. The second-order valence-corrected chi connectivity index (χ2v) is 5.10. The summed E-state index contributed by atoms with van der Waals surface area (Å²) in [7, 11) is 0. The van der Waals surface area contributed by atoms with Gasteiger partial charge in [-0.2, -0.15) is 0 Å². The third kappa shape index (κ3) is 2.69. The van der Waals surface area contributed by atoms with E-state index >= 15 is 0 Å². The van der Waals surface area contributed by atoms with E-state index in [2.05, 4.69) is 5.32 Å². The molecule has 0 radical (unpaired) electrons.